The van der Waals surface area contributed by atoms with Crippen LogP contribution in [-0.4, -0.2) is 41.9 Å². The van der Waals surface area contributed by atoms with E-state index in [0.717, 1.165) is 19.3 Å². The zero-order valence-electron chi connectivity index (χ0n) is 17.0. The molecule has 0 aliphatic rings. The van der Waals surface area contributed by atoms with Gasteiger partial charge in [-0.2, -0.15) is 0 Å². The summed E-state index contributed by atoms with van der Waals surface area (Å²) in [6, 6.07) is 5.29. The molecule has 0 atom stereocenters. The minimum Gasteiger partial charge on any atom is -0.464 e. The largest absolute Gasteiger partial charge is 0.464 e. The molecule has 156 valence electrons. The van der Waals surface area contributed by atoms with Gasteiger partial charge in [-0.25, -0.2) is 0 Å². The molecule has 1 amide bonds. The number of benzene rings is 1. The van der Waals surface area contributed by atoms with Crippen LogP contribution in [0.15, 0.2) is 24.3 Å². The zero-order chi connectivity index (χ0) is 20.8. The molecule has 0 saturated heterocycles. The first-order valence-electron chi connectivity index (χ1n) is 10.1. The quantitative estimate of drug-likeness (QED) is 0.197. The molecule has 1 rings (SSSR count). The third-order valence-corrected chi connectivity index (χ3v) is 4.55. The van der Waals surface area contributed by atoms with E-state index in [0.29, 0.717) is 12.2 Å². The second-order valence-corrected chi connectivity index (χ2v) is 7.01. The van der Waals surface area contributed by atoms with Gasteiger partial charge in [0.25, 0.3) is 11.6 Å². The van der Waals surface area contributed by atoms with Gasteiger partial charge in [-0.15, -0.1) is 0 Å². The van der Waals surface area contributed by atoms with Crippen molar-refractivity contribution in [1.82, 2.24) is 4.90 Å². The van der Waals surface area contributed by atoms with E-state index in [-0.39, 0.29) is 18.1 Å². The number of carbonyl (C=O) groups excluding carboxylic acids is 2. The molecule has 0 aliphatic heterocycles. The predicted molar refractivity (Wildman–Crippen MR) is 108 cm³/mol. The van der Waals surface area contributed by atoms with Crippen molar-refractivity contribution >= 4 is 17.6 Å². The maximum atomic E-state index is 12.3. The van der Waals surface area contributed by atoms with Crippen molar-refractivity contribution in [3.63, 3.8) is 0 Å². The Morgan fingerprint density at radius 2 is 1.50 bits per heavy atom. The normalized spacial score (nSPS) is 10.5. The fourth-order valence-electron chi connectivity index (χ4n) is 2.86. The molecule has 0 radical (unpaired) electrons. The Bertz CT molecular complexity index is 616. The van der Waals surface area contributed by atoms with Crippen LogP contribution in [0.4, 0.5) is 5.69 Å². The fourth-order valence-corrected chi connectivity index (χ4v) is 2.86. The summed E-state index contributed by atoms with van der Waals surface area (Å²) in [5, 5.41) is 10.6. The highest BCUT2D eigenvalue weighted by atomic mass is 16.6. The fraction of sp³-hybridized carbons (Fsp3) is 0.619. The van der Waals surface area contributed by atoms with Crippen LogP contribution in [0.1, 0.15) is 75.1 Å². The summed E-state index contributed by atoms with van der Waals surface area (Å²) in [6.45, 7) is 2.44. The Labute approximate surface area is 167 Å². The van der Waals surface area contributed by atoms with Gasteiger partial charge in [0.05, 0.1) is 11.5 Å². The lowest BCUT2D eigenvalue weighted by molar-refractivity contribution is -0.384. The molecule has 1 aromatic rings. The molecule has 0 aliphatic carbocycles. The number of nitro groups is 1. The monoisotopic (exact) mass is 392 g/mol. The van der Waals surface area contributed by atoms with Crippen LogP contribution in [-0.2, 0) is 9.53 Å². The van der Waals surface area contributed by atoms with Crippen LogP contribution < -0.4 is 0 Å². The van der Waals surface area contributed by atoms with Gasteiger partial charge in [0.2, 0.25) is 0 Å². The van der Waals surface area contributed by atoms with Gasteiger partial charge in [-0.05, 0) is 18.6 Å². The summed E-state index contributed by atoms with van der Waals surface area (Å²) >= 11 is 0. The highest BCUT2D eigenvalue weighted by molar-refractivity contribution is 5.95. The van der Waals surface area contributed by atoms with E-state index in [4.69, 9.17) is 4.74 Å². The molecule has 7 nitrogen and oxygen atoms in total. The van der Waals surface area contributed by atoms with E-state index in [1.807, 2.05) is 0 Å². The number of hydrogen-bond acceptors (Lipinski definition) is 5. The molecule has 0 spiro atoms. The van der Waals surface area contributed by atoms with Crippen LogP contribution in [0, 0.1) is 10.1 Å². The summed E-state index contributed by atoms with van der Waals surface area (Å²) < 4.78 is 5.19. The zero-order valence-corrected chi connectivity index (χ0v) is 17.0. The number of carbonyl (C=O) groups is 2. The highest BCUT2D eigenvalue weighted by Gasteiger charge is 2.16. The molecular weight excluding hydrogens is 360 g/mol. The van der Waals surface area contributed by atoms with Gasteiger partial charge in [-0.1, -0.05) is 58.3 Å². The van der Waals surface area contributed by atoms with Crippen molar-refractivity contribution in [2.75, 3.05) is 20.2 Å². The molecule has 0 N–H and O–H groups in total. The van der Waals surface area contributed by atoms with Crippen LogP contribution in [0.2, 0.25) is 0 Å². The topological polar surface area (TPSA) is 89.8 Å². The number of nitrogens with zero attached hydrogens (tertiary/aromatic N) is 2. The van der Waals surface area contributed by atoms with E-state index < -0.39 is 10.9 Å². The Kier molecular flexibility index (Phi) is 11.5. The molecule has 0 bridgehead atoms. The molecule has 0 saturated carbocycles. The molecule has 0 aromatic heterocycles. The number of amides is 1. The van der Waals surface area contributed by atoms with E-state index in [2.05, 4.69) is 6.92 Å². The third kappa shape index (κ3) is 9.48. The van der Waals surface area contributed by atoms with Crippen LogP contribution in [0.25, 0.3) is 0 Å². The highest BCUT2D eigenvalue weighted by Crippen LogP contribution is 2.13. The van der Waals surface area contributed by atoms with Gasteiger partial charge in [0.15, 0.2) is 0 Å². The third-order valence-electron chi connectivity index (χ3n) is 4.55. The maximum Gasteiger partial charge on any atom is 0.325 e. The Balaban J connectivity index is 2.17. The van der Waals surface area contributed by atoms with Gasteiger partial charge >= 0.3 is 5.97 Å². The first-order chi connectivity index (χ1) is 13.5. The number of likely N-dealkylation sites (N-methyl/N-ethyl adjacent to an activating group) is 1. The first kappa shape index (κ1) is 23.6. The van der Waals surface area contributed by atoms with E-state index in [1.165, 1.54) is 74.7 Å². The van der Waals surface area contributed by atoms with Crippen LogP contribution in [0.5, 0.6) is 0 Å². The molecule has 1 aromatic carbocycles. The number of rotatable bonds is 14. The maximum absolute atomic E-state index is 12.3. The van der Waals surface area contributed by atoms with Crippen LogP contribution >= 0.6 is 0 Å². The summed E-state index contributed by atoms with van der Waals surface area (Å²) in [7, 11) is 1.50. The second kappa shape index (κ2) is 13.7. The molecule has 7 heteroatoms. The summed E-state index contributed by atoms with van der Waals surface area (Å²) in [6.07, 6.45) is 10.7. The van der Waals surface area contributed by atoms with Crippen molar-refractivity contribution in [1.29, 1.82) is 0 Å². The predicted octanol–water partition coefficient (Wildman–Crippen LogP) is 4.74. The van der Waals surface area contributed by atoms with Crippen molar-refractivity contribution in [2.45, 2.75) is 64.7 Å². The Morgan fingerprint density at radius 1 is 0.964 bits per heavy atom. The number of hydrogen-bond donors (Lipinski definition) is 0. The summed E-state index contributed by atoms with van der Waals surface area (Å²) in [5.74, 6) is -0.827. The average Bonchev–Trinajstić information content (AvgIpc) is 2.68. The lowest BCUT2D eigenvalue weighted by Gasteiger charge is -2.16. The Hall–Kier alpha value is -2.44. The number of ether oxygens (including phenoxy) is 1. The summed E-state index contributed by atoms with van der Waals surface area (Å²) in [5.41, 5.74) is 0.208. The average molecular weight is 392 g/mol. The first-order valence-corrected chi connectivity index (χ1v) is 10.1. The van der Waals surface area contributed by atoms with Gasteiger partial charge < -0.3 is 9.64 Å². The lowest BCUT2D eigenvalue weighted by atomic mass is 10.1. The molecule has 0 unspecified atom stereocenters. The minimum atomic E-state index is -0.526. The van der Waals surface area contributed by atoms with Crippen molar-refractivity contribution in [3.05, 3.63) is 39.9 Å². The summed E-state index contributed by atoms with van der Waals surface area (Å²) in [4.78, 5) is 35.5. The number of nitro benzene ring substituents is 1. The number of unbranched alkanes of at least 4 members (excludes halogenated alkanes) is 8. The van der Waals surface area contributed by atoms with Crippen LogP contribution in [0.3, 0.4) is 0 Å². The number of esters is 1. The second-order valence-electron chi connectivity index (χ2n) is 7.01. The molecule has 0 fully saturated rings. The Morgan fingerprint density at radius 3 is 2.04 bits per heavy atom. The van der Waals surface area contributed by atoms with Gasteiger partial charge in [0.1, 0.15) is 6.54 Å². The molecule has 28 heavy (non-hydrogen) atoms. The standard InChI is InChI=1S/C21H32N2O5/c1-3-4-5-6-7-8-9-10-11-16-28-20(24)17-22(2)21(25)18-12-14-19(15-13-18)23(26)27/h12-15H,3-11,16-17H2,1-2H3. The molecule has 0 heterocycles. The van der Waals surface area contributed by atoms with E-state index in [9.17, 15) is 19.7 Å². The SMILES string of the molecule is CCCCCCCCCCCOC(=O)CN(C)C(=O)c1ccc([N+](=O)[O-])cc1. The van der Waals surface area contributed by atoms with Crippen molar-refractivity contribution < 1.29 is 19.2 Å². The minimum absolute atomic E-state index is 0.0837. The molecular formula is C21H32N2O5. The number of non-ortho nitro benzene ring substituents is 1. The van der Waals surface area contributed by atoms with Crippen molar-refractivity contribution in [3.8, 4) is 0 Å². The van der Waals surface area contributed by atoms with Crippen molar-refractivity contribution in [2.24, 2.45) is 0 Å². The van der Waals surface area contributed by atoms with E-state index in [1.54, 1.807) is 0 Å². The smallest absolute Gasteiger partial charge is 0.325 e. The van der Waals surface area contributed by atoms with Gasteiger partial charge in [-0.3, -0.25) is 19.7 Å². The van der Waals surface area contributed by atoms with Gasteiger partial charge in [0, 0.05) is 24.7 Å². The van der Waals surface area contributed by atoms with E-state index >= 15 is 0 Å². The lowest BCUT2D eigenvalue weighted by Crippen LogP contribution is -2.33.